The van der Waals surface area contributed by atoms with Crippen molar-refractivity contribution in [2.75, 3.05) is 0 Å². The van der Waals surface area contributed by atoms with Crippen molar-refractivity contribution in [1.82, 2.24) is 9.97 Å². The molecule has 3 nitrogen and oxygen atoms in total. The third kappa shape index (κ3) is 3.28. The first kappa shape index (κ1) is 12.1. The molecule has 0 saturated heterocycles. The Morgan fingerprint density at radius 2 is 1.82 bits per heavy atom. The van der Waals surface area contributed by atoms with E-state index in [0.717, 1.165) is 21.4 Å². The van der Waals surface area contributed by atoms with E-state index in [9.17, 15) is 0 Å². The monoisotopic (exact) mass is 245 g/mol. The molecule has 4 heteroatoms. The number of hydrogen-bond acceptors (Lipinski definition) is 4. The maximum atomic E-state index is 5.60. The zero-order valence-electron chi connectivity index (χ0n) is 9.97. The maximum absolute atomic E-state index is 5.60. The molecule has 88 valence electrons. The van der Waals surface area contributed by atoms with Crippen LogP contribution in [-0.2, 0) is 6.54 Å². The summed E-state index contributed by atoms with van der Waals surface area (Å²) in [6.45, 7) is 4.48. The molecule has 0 amide bonds. The number of benzene rings is 1. The predicted octanol–water partition coefficient (Wildman–Crippen LogP) is 2.70. The minimum atomic E-state index is 0.449. The summed E-state index contributed by atoms with van der Waals surface area (Å²) < 4.78 is 0. The van der Waals surface area contributed by atoms with E-state index in [-0.39, 0.29) is 0 Å². The average Bonchev–Trinajstić information content (AvgIpc) is 2.31. The van der Waals surface area contributed by atoms with Crippen LogP contribution in [-0.4, -0.2) is 9.97 Å². The average molecular weight is 245 g/mol. The van der Waals surface area contributed by atoms with Crippen LogP contribution in [0.15, 0.2) is 40.4 Å². The zero-order valence-corrected chi connectivity index (χ0v) is 10.8. The number of nitrogens with two attached hydrogens (primary N) is 1. The first-order valence-corrected chi connectivity index (χ1v) is 6.28. The highest BCUT2D eigenvalue weighted by Gasteiger charge is 2.03. The van der Waals surface area contributed by atoms with E-state index in [0.29, 0.717) is 6.54 Å². The quantitative estimate of drug-likeness (QED) is 0.845. The van der Waals surface area contributed by atoms with Crippen LogP contribution in [0.3, 0.4) is 0 Å². The van der Waals surface area contributed by atoms with Crippen molar-refractivity contribution < 1.29 is 0 Å². The Labute approximate surface area is 105 Å². The van der Waals surface area contributed by atoms with Crippen LogP contribution in [0.1, 0.15) is 17.0 Å². The van der Waals surface area contributed by atoms with Crippen molar-refractivity contribution in [3.8, 4) is 0 Å². The van der Waals surface area contributed by atoms with Gasteiger partial charge in [-0.3, -0.25) is 0 Å². The lowest BCUT2D eigenvalue weighted by Crippen LogP contribution is -2.02. The number of hydrogen-bond donors (Lipinski definition) is 1. The molecule has 1 aromatic carbocycles. The molecule has 0 spiro atoms. The standard InChI is InChI=1S/C13H15N3S/c1-9-3-5-12(6-4-9)17-13-15-10(2)7-11(8-14)16-13/h3-7H,8,14H2,1-2H3. The van der Waals surface area contributed by atoms with E-state index in [2.05, 4.69) is 41.2 Å². The maximum Gasteiger partial charge on any atom is 0.192 e. The van der Waals surface area contributed by atoms with Crippen LogP contribution in [0, 0.1) is 13.8 Å². The van der Waals surface area contributed by atoms with Gasteiger partial charge < -0.3 is 5.73 Å². The van der Waals surface area contributed by atoms with Crippen molar-refractivity contribution in [2.45, 2.75) is 30.4 Å². The molecule has 0 atom stereocenters. The first-order valence-electron chi connectivity index (χ1n) is 5.46. The second-order valence-electron chi connectivity index (χ2n) is 3.90. The Morgan fingerprint density at radius 1 is 1.12 bits per heavy atom. The van der Waals surface area contributed by atoms with Gasteiger partial charge in [-0.1, -0.05) is 17.7 Å². The second kappa shape index (κ2) is 5.29. The van der Waals surface area contributed by atoms with Gasteiger partial charge in [0.05, 0.1) is 5.69 Å². The second-order valence-corrected chi connectivity index (χ2v) is 4.94. The minimum absolute atomic E-state index is 0.449. The molecular weight excluding hydrogens is 230 g/mol. The molecular formula is C13H15N3S. The number of aryl methyl sites for hydroxylation is 2. The van der Waals surface area contributed by atoms with Crippen LogP contribution < -0.4 is 5.73 Å². The molecule has 0 aliphatic heterocycles. The van der Waals surface area contributed by atoms with Crippen molar-refractivity contribution in [3.05, 3.63) is 47.3 Å². The summed E-state index contributed by atoms with van der Waals surface area (Å²) in [6, 6.07) is 10.2. The van der Waals surface area contributed by atoms with Gasteiger partial charge in [-0.15, -0.1) is 0 Å². The molecule has 0 aliphatic rings. The summed E-state index contributed by atoms with van der Waals surface area (Å²) in [5, 5.41) is 0.759. The molecule has 2 rings (SSSR count). The van der Waals surface area contributed by atoms with E-state index < -0.39 is 0 Å². The Hall–Kier alpha value is -1.39. The molecule has 0 saturated carbocycles. The van der Waals surface area contributed by atoms with Gasteiger partial charge in [0, 0.05) is 17.1 Å². The van der Waals surface area contributed by atoms with E-state index in [1.807, 2.05) is 13.0 Å². The largest absolute Gasteiger partial charge is 0.325 e. The summed E-state index contributed by atoms with van der Waals surface area (Å²) >= 11 is 1.56. The SMILES string of the molecule is Cc1ccc(Sc2nc(C)cc(CN)n2)cc1. The number of aromatic nitrogens is 2. The topological polar surface area (TPSA) is 51.8 Å². The molecule has 0 bridgehead atoms. The number of nitrogens with zero attached hydrogens (tertiary/aromatic N) is 2. The van der Waals surface area contributed by atoms with Crippen molar-refractivity contribution in [2.24, 2.45) is 5.73 Å². The number of rotatable bonds is 3. The minimum Gasteiger partial charge on any atom is -0.325 e. The van der Waals surface area contributed by atoms with Crippen LogP contribution >= 0.6 is 11.8 Å². The fourth-order valence-corrected chi connectivity index (χ4v) is 2.30. The van der Waals surface area contributed by atoms with E-state index in [4.69, 9.17) is 5.73 Å². The highest BCUT2D eigenvalue weighted by molar-refractivity contribution is 7.99. The molecule has 1 heterocycles. The van der Waals surface area contributed by atoms with E-state index in [1.165, 1.54) is 5.56 Å². The first-order chi connectivity index (χ1) is 8.17. The lowest BCUT2D eigenvalue weighted by atomic mass is 10.2. The predicted molar refractivity (Wildman–Crippen MR) is 70.0 cm³/mol. The summed E-state index contributed by atoms with van der Waals surface area (Å²) in [7, 11) is 0. The van der Waals surface area contributed by atoms with Gasteiger partial charge in [-0.05, 0) is 43.8 Å². The lowest BCUT2D eigenvalue weighted by molar-refractivity contribution is 0.854. The molecule has 0 aliphatic carbocycles. The lowest BCUT2D eigenvalue weighted by Gasteiger charge is -2.04. The van der Waals surface area contributed by atoms with Crippen molar-refractivity contribution >= 4 is 11.8 Å². The van der Waals surface area contributed by atoms with Gasteiger partial charge in [-0.25, -0.2) is 9.97 Å². The highest BCUT2D eigenvalue weighted by Crippen LogP contribution is 2.25. The summed E-state index contributed by atoms with van der Waals surface area (Å²) in [5.41, 5.74) is 8.69. The van der Waals surface area contributed by atoms with Gasteiger partial charge in [-0.2, -0.15) is 0 Å². The molecule has 0 unspecified atom stereocenters. The Morgan fingerprint density at radius 3 is 2.47 bits per heavy atom. The van der Waals surface area contributed by atoms with Crippen LogP contribution in [0.2, 0.25) is 0 Å². The molecule has 0 radical (unpaired) electrons. The summed E-state index contributed by atoms with van der Waals surface area (Å²) in [4.78, 5) is 9.94. The zero-order chi connectivity index (χ0) is 12.3. The van der Waals surface area contributed by atoms with Gasteiger partial charge in [0.15, 0.2) is 5.16 Å². The van der Waals surface area contributed by atoms with Crippen LogP contribution in [0.4, 0.5) is 0 Å². The molecule has 17 heavy (non-hydrogen) atoms. The Kier molecular flexibility index (Phi) is 3.76. The Bertz CT molecular complexity index is 509. The fraction of sp³-hybridized carbons (Fsp3) is 0.231. The molecule has 2 aromatic rings. The summed E-state index contributed by atoms with van der Waals surface area (Å²) in [6.07, 6.45) is 0. The Balaban J connectivity index is 2.23. The van der Waals surface area contributed by atoms with Gasteiger partial charge in [0.25, 0.3) is 0 Å². The van der Waals surface area contributed by atoms with Gasteiger partial charge in [0.2, 0.25) is 0 Å². The molecule has 2 N–H and O–H groups in total. The van der Waals surface area contributed by atoms with Crippen molar-refractivity contribution in [3.63, 3.8) is 0 Å². The molecule has 1 aromatic heterocycles. The highest BCUT2D eigenvalue weighted by atomic mass is 32.2. The van der Waals surface area contributed by atoms with Gasteiger partial charge >= 0.3 is 0 Å². The van der Waals surface area contributed by atoms with Crippen molar-refractivity contribution in [1.29, 1.82) is 0 Å². The van der Waals surface area contributed by atoms with Gasteiger partial charge in [0.1, 0.15) is 0 Å². The fourth-order valence-electron chi connectivity index (χ4n) is 1.47. The third-order valence-corrected chi connectivity index (χ3v) is 3.20. The normalized spacial score (nSPS) is 10.5. The molecule has 0 fully saturated rings. The summed E-state index contributed by atoms with van der Waals surface area (Å²) in [5.74, 6) is 0. The van der Waals surface area contributed by atoms with E-state index in [1.54, 1.807) is 11.8 Å². The van der Waals surface area contributed by atoms with Crippen LogP contribution in [0.25, 0.3) is 0 Å². The van der Waals surface area contributed by atoms with Crippen LogP contribution in [0.5, 0.6) is 0 Å². The van der Waals surface area contributed by atoms with E-state index >= 15 is 0 Å². The third-order valence-electron chi connectivity index (χ3n) is 2.33. The smallest absolute Gasteiger partial charge is 0.192 e.